The molecular weight excluding hydrogens is 672 g/mol. The van der Waals surface area contributed by atoms with Gasteiger partial charge in [0.2, 0.25) is 23.6 Å². The van der Waals surface area contributed by atoms with Gasteiger partial charge in [-0.25, -0.2) is 4.79 Å². The van der Waals surface area contributed by atoms with E-state index in [0.29, 0.717) is 0 Å². The molecule has 0 saturated heterocycles. The zero-order valence-corrected chi connectivity index (χ0v) is 29.3. The van der Waals surface area contributed by atoms with Gasteiger partial charge in [-0.2, -0.15) is 0 Å². The Labute approximate surface area is 307 Å². The predicted molar refractivity (Wildman–Crippen MR) is 201 cm³/mol. The van der Waals surface area contributed by atoms with Gasteiger partial charge in [-0.05, 0) is 41.7 Å². The van der Waals surface area contributed by atoms with Crippen molar-refractivity contribution in [2.24, 2.45) is 5.73 Å². The Morgan fingerprint density at radius 3 is 1.60 bits per heavy atom. The Morgan fingerprint density at radius 1 is 0.566 bits per heavy atom. The number of aliphatic carboxylic acids is 1. The van der Waals surface area contributed by atoms with Crippen LogP contribution in [0.3, 0.4) is 0 Å². The molecule has 0 bridgehead atoms. The topological polar surface area (TPSA) is 196 Å². The fourth-order valence-corrected chi connectivity index (χ4v) is 6.03. The van der Waals surface area contributed by atoms with Crippen molar-refractivity contribution in [1.82, 2.24) is 26.3 Å². The largest absolute Gasteiger partial charge is 0.480 e. The fourth-order valence-electron chi connectivity index (χ4n) is 6.03. The smallest absolute Gasteiger partial charge is 0.326 e. The molecule has 53 heavy (non-hydrogen) atoms. The summed E-state index contributed by atoms with van der Waals surface area (Å²) in [7, 11) is 0. The van der Waals surface area contributed by atoms with Crippen LogP contribution >= 0.6 is 0 Å². The fraction of sp³-hybridized carbons (Fsp3) is 0.244. The van der Waals surface area contributed by atoms with Crippen molar-refractivity contribution in [3.63, 3.8) is 0 Å². The molecule has 5 unspecified atom stereocenters. The second-order valence-corrected chi connectivity index (χ2v) is 13.0. The Kier molecular flexibility index (Phi) is 13.1. The van der Waals surface area contributed by atoms with Crippen LogP contribution in [0.25, 0.3) is 10.9 Å². The Morgan fingerprint density at radius 2 is 1.02 bits per heavy atom. The van der Waals surface area contributed by atoms with Crippen molar-refractivity contribution < 1.29 is 29.1 Å². The van der Waals surface area contributed by atoms with Crippen LogP contribution in [0, 0.1) is 0 Å². The third-order valence-electron chi connectivity index (χ3n) is 8.93. The van der Waals surface area contributed by atoms with Gasteiger partial charge in [-0.1, -0.05) is 109 Å². The second-order valence-electron chi connectivity index (χ2n) is 13.0. The molecule has 1 heterocycles. The minimum Gasteiger partial charge on any atom is -0.480 e. The van der Waals surface area contributed by atoms with Crippen molar-refractivity contribution in [1.29, 1.82) is 0 Å². The van der Waals surface area contributed by atoms with Gasteiger partial charge in [0.1, 0.15) is 24.2 Å². The average Bonchev–Trinajstić information content (AvgIpc) is 3.57. The third-order valence-corrected chi connectivity index (χ3v) is 8.93. The van der Waals surface area contributed by atoms with Crippen LogP contribution in [0.4, 0.5) is 0 Å². The molecule has 0 spiro atoms. The molecule has 5 rings (SSSR count). The van der Waals surface area contributed by atoms with Crippen molar-refractivity contribution >= 4 is 40.5 Å². The van der Waals surface area contributed by atoms with Gasteiger partial charge in [0, 0.05) is 36.4 Å². The monoisotopic (exact) mass is 716 g/mol. The lowest BCUT2D eigenvalue weighted by atomic mass is 10.0. The molecule has 0 radical (unpaired) electrons. The molecule has 4 amide bonds. The molecule has 4 aromatic carbocycles. The van der Waals surface area contributed by atoms with Crippen molar-refractivity contribution in [2.75, 3.05) is 0 Å². The number of H-pyrrole nitrogens is 1. The highest BCUT2D eigenvalue weighted by Gasteiger charge is 2.31. The summed E-state index contributed by atoms with van der Waals surface area (Å²) in [6, 6.07) is 29.1. The average molecular weight is 717 g/mol. The third kappa shape index (κ3) is 10.9. The highest BCUT2D eigenvalue weighted by molar-refractivity contribution is 5.96. The number of nitrogens with one attached hydrogen (secondary N) is 5. The summed E-state index contributed by atoms with van der Waals surface area (Å²) in [4.78, 5) is 69.7. The van der Waals surface area contributed by atoms with Gasteiger partial charge in [0.25, 0.3) is 0 Å². The van der Waals surface area contributed by atoms with Gasteiger partial charge in [-0.15, -0.1) is 0 Å². The maximum atomic E-state index is 13.8. The van der Waals surface area contributed by atoms with E-state index in [1.54, 1.807) is 54.7 Å². The lowest BCUT2D eigenvalue weighted by molar-refractivity contribution is -0.142. The molecule has 274 valence electrons. The van der Waals surface area contributed by atoms with E-state index < -0.39 is 59.8 Å². The summed E-state index contributed by atoms with van der Waals surface area (Å²) in [5, 5.41) is 21.5. The predicted octanol–water partition coefficient (Wildman–Crippen LogP) is 2.81. The number of fused-ring (bicyclic) bond motifs is 1. The van der Waals surface area contributed by atoms with Crippen molar-refractivity contribution in [3.05, 3.63) is 144 Å². The molecule has 1 aromatic heterocycles. The molecule has 12 nitrogen and oxygen atoms in total. The van der Waals surface area contributed by atoms with Crippen LogP contribution in [0.2, 0.25) is 0 Å². The molecule has 12 heteroatoms. The van der Waals surface area contributed by atoms with E-state index in [1.807, 2.05) is 66.7 Å². The molecule has 5 atom stereocenters. The molecular formula is C41H44N6O6. The maximum absolute atomic E-state index is 13.8. The highest BCUT2D eigenvalue weighted by atomic mass is 16.4. The zero-order valence-electron chi connectivity index (χ0n) is 29.3. The summed E-state index contributed by atoms with van der Waals surface area (Å²) in [5.74, 6) is -3.76. The Hall–Kier alpha value is -6.27. The number of carbonyl (C=O) groups excluding carboxylic acids is 4. The standard InChI is InChI=1S/C41H44N6O6/c1-26(37(48)45-34(22-28-15-7-3-8-16-28)40(51)47-36(41(52)53)23-29-17-9-4-10-18-29)44-39(50)35(24-30-25-43-33-20-12-11-19-31(30)33)46-38(49)32(42)21-27-13-5-2-6-14-27/h2-20,25-26,32,34-36,43H,21-24,42H2,1H3,(H,44,50)(H,45,48)(H,46,49)(H,47,51)(H,52,53). The first kappa shape index (κ1) is 38.0. The quantitative estimate of drug-likeness (QED) is 0.0769. The number of para-hydroxylation sites is 1. The molecule has 0 aliphatic heterocycles. The molecule has 0 fully saturated rings. The number of carboxylic acids is 1. The second kappa shape index (κ2) is 18.3. The number of amides is 4. The molecule has 5 aromatic rings. The normalized spacial score (nSPS) is 13.8. The summed E-state index contributed by atoms with van der Waals surface area (Å²) in [5.41, 5.74) is 10.2. The van der Waals surface area contributed by atoms with E-state index in [-0.39, 0.29) is 25.7 Å². The zero-order chi connectivity index (χ0) is 37.7. The van der Waals surface area contributed by atoms with E-state index in [1.165, 1.54) is 6.92 Å². The van der Waals surface area contributed by atoms with Gasteiger partial charge >= 0.3 is 5.97 Å². The van der Waals surface area contributed by atoms with E-state index in [2.05, 4.69) is 26.3 Å². The molecule has 0 aliphatic carbocycles. The van der Waals surface area contributed by atoms with Crippen LogP contribution in [0.5, 0.6) is 0 Å². The molecule has 0 aliphatic rings. The number of nitrogens with two attached hydrogens (primary N) is 1. The summed E-state index contributed by atoms with van der Waals surface area (Å²) in [6.07, 6.45) is 2.23. The lowest BCUT2D eigenvalue weighted by Gasteiger charge is -2.25. The first-order valence-corrected chi connectivity index (χ1v) is 17.4. The van der Waals surface area contributed by atoms with Crippen LogP contribution in [-0.4, -0.2) is 69.9 Å². The van der Waals surface area contributed by atoms with Crippen molar-refractivity contribution in [2.45, 2.75) is 62.8 Å². The van der Waals surface area contributed by atoms with E-state index in [4.69, 9.17) is 5.73 Å². The number of carboxylic acid groups (broad SMARTS) is 1. The van der Waals surface area contributed by atoms with Gasteiger partial charge in [0.05, 0.1) is 6.04 Å². The Balaban J connectivity index is 1.30. The SMILES string of the molecule is CC(NC(=O)C(Cc1c[nH]c2ccccc12)NC(=O)C(N)Cc1ccccc1)C(=O)NC(Cc1ccccc1)C(=O)NC(Cc1ccccc1)C(=O)O. The number of hydrogen-bond acceptors (Lipinski definition) is 6. The minimum absolute atomic E-state index is 0.0406. The molecule has 0 saturated carbocycles. The minimum atomic E-state index is -1.25. The number of aromatic amines is 1. The van der Waals surface area contributed by atoms with Crippen LogP contribution in [0.15, 0.2) is 121 Å². The van der Waals surface area contributed by atoms with Gasteiger partial charge < -0.3 is 37.1 Å². The van der Waals surface area contributed by atoms with Crippen LogP contribution in [0.1, 0.15) is 29.2 Å². The number of benzene rings is 4. The highest BCUT2D eigenvalue weighted by Crippen LogP contribution is 2.19. The van der Waals surface area contributed by atoms with Gasteiger partial charge in [-0.3, -0.25) is 19.2 Å². The maximum Gasteiger partial charge on any atom is 0.326 e. The van der Waals surface area contributed by atoms with Crippen molar-refractivity contribution in [3.8, 4) is 0 Å². The van der Waals surface area contributed by atoms with E-state index >= 15 is 0 Å². The lowest BCUT2D eigenvalue weighted by Crippen LogP contribution is -2.58. The molecule has 8 N–H and O–H groups in total. The first-order chi connectivity index (χ1) is 25.6. The number of aromatic nitrogens is 1. The summed E-state index contributed by atoms with van der Waals surface area (Å²) >= 11 is 0. The summed E-state index contributed by atoms with van der Waals surface area (Å²) < 4.78 is 0. The van der Waals surface area contributed by atoms with Crippen LogP contribution in [-0.2, 0) is 49.7 Å². The van der Waals surface area contributed by atoms with E-state index in [9.17, 15) is 29.1 Å². The summed E-state index contributed by atoms with van der Waals surface area (Å²) in [6.45, 7) is 1.46. The number of rotatable bonds is 17. The number of carbonyl (C=O) groups is 5. The van der Waals surface area contributed by atoms with Gasteiger partial charge in [0.15, 0.2) is 0 Å². The van der Waals surface area contributed by atoms with E-state index in [0.717, 1.165) is 33.2 Å². The number of hydrogen-bond donors (Lipinski definition) is 7. The Bertz CT molecular complexity index is 2000. The van der Waals surface area contributed by atoms with Crippen LogP contribution < -0.4 is 27.0 Å². The first-order valence-electron chi connectivity index (χ1n) is 17.4.